The molecule has 3 fully saturated rings. The van der Waals surface area contributed by atoms with Crippen LogP contribution in [-0.4, -0.2) is 44.4 Å². The Bertz CT molecular complexity index is 1050. The molecule has 2 aromatic rings. The second kappa shape index (κ2) is 9.11. The zero-order chi connectivity index (χ0) is 22.9. The van der Waals surface area contributed by atoms with E-state index in [-0.39, 0.29) is 34.8 Å². The number of piperidine rings is 2. The SMILES string of the molecule is COc1ccc(S(=O)(=O)N2C[C@H]3CC[C@@H]2[C@H](C(=O)Nc2ccc(OC(C)C)cc2)C3)cc1. The van der Waals surface area contributed by atoms with Crippen LogP contribution in [0, 0.1) is 11.8 Å². The van der Waals surface area contributed by atoms with Gasteiger partial charge in [-0.3, -0.25) is 4.79 Å². The van der Waals surface area contributed by atoms with Gasteiger partial charge in [-0.25, -0.2) is 8.42 Å². The summed E-state index contributed by atoms with van der Waals surface area (Å²) >= 11 is 0. The highest BCUT2D eigenvalue weighted by molar-refractivity contribution is 7.89. The zero-order valence-electron chi connectivity index (χ0n) is 18.7. The number of hydrogen-bond donors (Lipinski definition) is 1. The highest BCUT2D eigenvalue weighted by atomic mass is 32.2. The minimum absolute atomic E-state index is 0.0758. The van der Waals surface area contributed by atoms with Crippen LogP contribution >= 0.6 is 0 Å². The van der Waals surface area contributed by atoms with Gasteiger partial charge in [0.1, 0.15) is 11.5 Å². The molecule has 3 aliphatic rings. The van der Waals surface area contributed by atoms with E-state index >= 15 is 0 Å². The van der Waals surface area contributed by atoms with Crippen molar-refractivity contribution in [3.05, 3.63) is 48.5 Å². The number of sulfonamides is 1. The highest BCUT2D eigenvalue weighted by Crippen LogP contribution is 2.42. The molecule has 32 heavy (non-hydrogen) atoms. The Morgan fingerprint density at radius 1 is 1.03 bits per heavy atom. The van der Waals surface area contributed by atoms with Crippen LogP contribution in [0.2, 0.25) is 0 Å². The third-order valence-electron chi connectivity index (χ3n) is 6.23. The number of fused-ring (bicyclic) bond motifs is 3. The molecule has 1 amide bonds. The van der Waals surface area contributed by atoms with Crippen LogP contribution in [0.5, 0.6) is 11.5 Å². The van der Waals surface area contributed by atoms with Crippen LogP contribution in [0.15, 0.2) is 53.4 Å². The van der Waals surface area contributed by atoms with Gasteiger partial charge in [0.15, 0.2) is 0 Å². The molecule has 8 heteroatoms. The number of rotatable bonds is 7. The van der Waals surface area contributed by atoms with E-state index in [1.54, 1.807) is 31.4 Å². The van der Waals surface area contributed by atoms with Gasteiger partial charge in [-0.15, -0.1) is 0 Å². The van der Waals surface area contributed by atoms with Crippen LogP contribution in [0.1, 0.15) is 33.1 Å². The lowest BCUT2D eigenvalue weighted by molar-refractivity contribution is -0.125. The second-order valence-electron chi connectivity index (χ2n) is 8.78. The summed E-state index contributed by atoms with van der Waals surface area (Å²) in [4.78, 5) is 13.4. The Morgan fingerprint density at radius 2 is 1.69 bits per heavy atom. The molecule has 3 atom stereocenters. The first-order chi connectivity index (χ1) is 15.3. The number of carbonyl (C=O) groups excluding carboxylic acids is 1. The lowest BCUT2D eigenvalue weighted by Crippen LogP contribution is -2.57. The maximum Gasteiger partial charge on any atom is 0.243 e. The normalized spacial score (nSPS) is 23.2. The number of nitrogens with one attached hydrogen (secondary N) is 1. The molecule has 0 spiro atoms. The Morgan fingerprint density at radius 3 is 2.28 bits per heavy atom. The van der Waals surface area contributed by atoms with Crippen molar-refractivity contribution < 1.29 is 22.7 Å². The lowest BCUT2D eigenvalue weighted by atomic mass is 9.73. The van der Waals surface area contributed by atoms with Crippen LogP contribution < -0.4 is 14.8 Å². The van der Waals surface area contributed by atoms with Crippen LogP contribution in [0.25, 0.3) is 0 Å². The molecule has 1 aliphatic carbocycles. The molecule has 2 saturated heterocycles. The highest BCUT2D eigenvalue weighted by Gasteiger charge is 2.48. The molecular formula is C24H30N2O5S. The predicted molar refractivity (Wildman–Crippen MR) is 122 cm³/mol. The summed E-state index contributed by atoms with van der Waals surface area (Å²) in [5.41, 5.74) is 0.678. The number of anilines is 1. The van der Waals surface area contributed by atoms with E-state index in [0.29, 0.717) is 30.8 Å². The molecule has 1 N–H and O–H groups in total. The molecule has 2 heterocycles. The average molecular weight is 459 g/mol. The molecule has 172 valence electrons. The van der Waals surface area contributed by atoms with Crippen LogP contribution in [0.4, 0.5) is 5.69 Å². The molecule has 2 aromatic carbocycles. The maximum atomic E-state index is 13.4. The predicted octanol–water partition coefficient (Wildman–Crippen LogP) is 3.91. The van der Waals surface area contributed by atoms with E-state index in [1.165, 1.54) is 4.31 Å². The molecule has 5 rings (SSSR count). The first kappa shape index (κ1) is 22.6. The standard InChI is InChI=1S/C24H30N2O5S/c1-16(2)31-20-7-5-18(6-8-20)25-24(27)22-14-17-4-13-23(22)26(15-17)32(28,29)21-11-9-19(30-3)10-12-21/h5-12,16-17,22-23H,4,13-15H2,1-3H3,(H,25,27)/t17-,22+,23+/m0/s1. The van der Waals surface area contributed by atoms with Gasteiger partial charge >= 0.3 is 0 Å². The Kier molecular flexibility index (Phi) is 6.44. The minimum Gasteiger partial charge on any atom is -0.497 e. The maximum absolute atomic E-state index is 13.4. The van der Waals surface area contributed by atoms with E-state index in [1.807, 2.05) is 38.1 Å². The molecule has 7 nitrogen and oxygen atoms in total. The van der Waals surface area contributed by atoms with Crippen molar-refractivity contribution >= 4 is 21.6 Å². The van der Waals surface area contributed by atoms with E-state index in [2.05, 4.69) is 5.32 Å². The van der Waals surface area contributed by atoms with E-state index in [0.717, 1.165) is 12.2 Å². The zero-order valence-corrected chi connectivity index (χ0v) is 19.5. The van der Waals surface area contributed by atoms with Gasteiger partial charge < -0.3 is 14.8 Å². The van der Waals surface area contributed by atoms with Crippen molar-refractivity contribution in [2.24, 2.45) is 11.8 Å². The van der Waals surface area contributed by atoms with Gasteiger partial charge in [0.05, 0.1) is 24.0 Å². The second-order valence-corrected chi connectivity index (χ2v) is 10.7. The third-order valence-corrected chi connectivity index (χ3v) is 8.13. The number of benzene rings is 2. The molecule has 2 aliphatic heterocycles. The molecular weight excluding hydrogens is 428 g/mol. The summed E-state index contributed by atoms with van der Waals surface area (Å²) in [7, 11) is -2.15. The molecule has 0 radical (unpaired) electrons. The first-order valence-corrected chi connectivity index (χ1v) is 12.5. The van der Waals surface area contributed by atoms with Gasteiger partial charge in [0.2, 0.25) is 15.9 Å². The van der Waals surface area contributed by atoms with Gasteiger partial charge in [-0.1, -0.05) is 0 Å². The summed E-state index contributed by atoms with van der Waals surface area (Å²) in [6, 6.07) is 13.3. The van der Waals surface area contributed by atoms with Crippen molar-refractivity contribution in [2.75, 3.05) is 19.0 Å². The Balaban J connectivity index is 1.50. The topological polar surface area (TPSA) is 84.9 Å². The minimum atomic E-state index is -3.69. The fourth-order valence-electron chi connectivity index (χ4n) is 4.71. The van der Waals surface area contributed by atoms with Crippen LogP contribution in [0.3, 0.4) is 0 Å². The van der Waals surface area contributed by atoms with Crippen molar-refractivity contribution in [3.8, 4) is 11.5 Å². The largest absolute Gasteiger partial charge is 0.497 e. The lowest BCUT2D eigenvalue weighted by Gasteiger charge is -2.48. The van der Waals surface area contributed by atoms with Gasteiger partial charge in [0.25, 0.3) is 0 Å². The molecule has 0 unspecified atom stereocenters. The third kappa shape index (κ3) is 4.61. The van der Waals surface area contributed by atoms with Crippen LogP contribution in [-0.2, 0) is 14.8 Å². The fraction of sp³-hybridized carbons (Fsp3) is 0.458. The fourth-order valence-corrected chi connectivity index (χ4v) is 6.47. The number of carbonyl (C=O) groups is 1. The quantitative estimate of drug-likeness (QED) is 0.680. The van der Waals surface area contributed by atoms with E-state index < -0.39 is 10.0 Å². The number of methoxy groups -OCH3 is 1. The van der Waals surface area contributed by atoms with E-state index in [9.17, 15) is 13.2 Å². The monoisotopic (exact) mass is 458 g/mol. The van der Waals surface area contributed by atoms with Crippen molar-refractivity contribution in [3.63, 3.8) is 0 Å². The van der Waals surface area contributed by atoms with E-state index in [4.69, 9.17) is 9.47 Å². The summed E-state index contributed by atoms with van der Waals surface area (Å²) in [5.74, 6) is 1.03. The number of amides is 1. The van der Waals surface area contributed by atoms with Crippen molar-refractivity contribution in [1.82, 2.24) is 4.31 Å². The number of nitrogens with zero attached hydrogens (tertiary/aromatic N) is 1. The van der Waals surface area contributed by atoms with Gasteiger partial charge in [0, 0.05) is 18.3 Å². The number of ether oxygens (including phenoxy) is 2. The average Bonchev–Trinajstić information content (AvgIpc) is 2.80. The Hall–Kier alpha value is -2.58. The molecule has 0 aromatic heterocycles. The molecule has 2 bridgehead atoms. The first-order valence-electron chi connectivity index (χ1n) is 11.0. The van der Waals surface area contributed by atoms with Crippen molar-refractivity contribution in [2.45, 2.75) is 50.2 Å². The number of hydrogen-bond acceptors (Lipinski definition) is 5. The molecule has 1 saturated carbocycles. The summed E-state index contributed by atoms with van der Waals surface area (Å²) in [6.07, 6.45) is 2.43. The Labute approximate surface area is 189 Å². The van der Waals surface area contributed by atoms with Crippen molar-refractivity contribution in [1.29, 1.82) is 0 Å². The van der Waals surface area contributed by atoms with Gasteiger partial charge in [-0.2, -0.15) is 4.31 Å². The summed E-state index contributed by atoms with van der Waals surface area (Å²) < 4.78 is 39.1. The smallest absolute Gasteiger partial charge is 0.243 e. The summed E-state index contributed by atoms with van der Waals surface area (Å²) in [6.45, 7) is 4.38. The summed E-state index contributed by atoms with van der Waals surface area (Å²) in [5, 5.41) is 2.97. The van der Waals surface area contributed by atoms with Gasteiger partial charge in [-0.05, 0) is 87.6 Å².